The number of halogens is 2. The van der Waals surface area contributed by atoms with Gasteiger partial charge in [0.2, 0.25) is 0 Å². The summed E-state index contributed by atoms with van der Waals surface area (Å²) in [6.07, 6.45) is 3.20. The highest BCUT2D eigenvalue weighted by atomic mass is 79.9. The number of rotatable bonds is 6. The summed E-state index contributed by atoms with van der Waals surface area (Å²) in [5.41, 5.74) is 0.865. The summed E-state index contributed by atoms with van der Waals surface area (Å²) in [6, 6.07) is 2.12. The quantitative estimate of drug-likeness (QED) is 0.799. The van der Waals surface area contributed by atoms with Crippen molar-refractivity contribution >= 4 is 33.3 Å². The molecule has 9 heteroatoms. The minimum Gasteiger partial charge on any atom is -0.494 e. The number of nitrogens with one attached hydrogen (secondary N) is 2. The number of aromatic nitrogens is 2. The molecular weight excluding hydrogens is 371 g/mol. The molecule has 0 aliphatic carbocycles. The second-order valence-corrected chi connectivity index (χ2v) is 5.38. The first kappa shape index (κ1) is 17.2. The number of hydrogen-bond acceptors (Lipinski definition) is 4. The number of carbonyl (C=O) groups is 1. The topological polar surface area (TPSA) is 77.4 Å². The monoisotopic (exact) mass is 386 g/mol. The molecule has 2 N–H and O–H groups in total. The van der Waals surface area contributed by atoms with Crippen LogP contribution in [0.2, 0.25) is 0 Å². The summed E-state index contributed by atoms with van der Waals surface area (Å²) >= 11 is 3.07. The van der Waals surface area contributed by atoms with Gasteiger partial charge in [-0.25, -0.2) is 9.18 Å². The van der Waals surface area contributed by atoms with Crippen molar-refractivity contribution in [3.63, 3.8) is 0 Å². The van der Waals surface area contributed by atoms with Gasteiger partial charge in [-0.1, -0.05) is 0 Å². The molecule has 0 unspecified atom stereocenters. The summed E-state index contributed by atoms with van der Waals surface area (Å²) in [5.74, 6) is -0.260. The van der Waals surface area contributed by atoms with E-state index in [1.54, 1.807) is 18.0 Å². The van der Waals surface area contributed by atoms with Gasteiger partial charge in [0.05, 0.1) is 42.3 Å². The Morgan fingerprint density at radius 2 is 2.17 bits per heavy atom. The van der Waals surface area contributed by atoms with E-state index in [1.165, 1.54) is 25.4 Å². The zero-order valence-electron chi connectivity index (χ0n) is 12.6. The van der Waals surface area contributed by atoms with Crippen molar-refractivity contribution in [3.05, 3.63) is 34.8 Å². The molecular formula is C14H16BrFN4O3. The third-order valence-corrected chi connectivity index (χ3v) is 3.51. The third kappa shape index (κ3) is 4.67. The van der Waals surface area contributed by atoms with Crippen LogP contribution < -0.4 is 15.4 Å². The van der Waals surface area contributed by atoms with Gasteiger partial charge >= 0.3 is 6.03 Å². The van der Waals surface area contributed by atoms with E-state index in [4.69, 9.17) is 9.47 Å². The van der Waals surface area contributed by atoms with Gasteiger partial charge in [-0.2, -0.15) is 5.10 Å². The predicted molar refractivity (Wildman–Crippen MR) is 87.4 cm³/mol. The molecule has 0 spiro atoms. The van der Waals surface area contributed by atoms with Crippen molar-refractivity contribution in [1.82, 2.24) is 9.78 Å². The molecule has 0 aliphatic rings. The van der Waals surface area contributed by atoms with Crippen molar-refractivity contribution in [2.75, 3.05) is 31.5 Å². The van der Waals surface area contributed by atoms with Gasteiger partial charge in [0.15, 0.2) is 0 Å². The van der Waals surface area contributed by atoms with Crippen LogP contribution in [0.25, 0.3) is 0 Å². The lowest BCUT2D eigenvalue weighted by atomic mass is 10.3. The van der Waals surface area contributed by atoms with Crippen LogP contribution in [0.15, 0.2) is 29.0 Å². The van der Waals surface area contributed by atoms with Crippen molar-refractivity contribution in [1.29, 1.82) is 0 Å². The third-order valence-electron chi connectivity index (χ3n) is 2.91. The van der Waals surface area contributed by atoms with Gasteiger partial charge in [0.1, 0.15) is 11.6 Å². The molecule has 2 rings (SSSR count). The fourth-order valence-corrected chi connectivity index (χ4v) is 2.16. The van der Waals surface area contributed by atoms with E-state index in [-0.39, 0.29) is 10.2 Å². The van der Waals surface area contributed by atoms with E-state index in [1.807, 2.05) is 0 Å². The Balaban J connectivity index is 2.02. The Hall–Kier alpha value is -2.13. The molecule has 2 aromatic rings. The zero-order valence-corrected chi connectivity index (χ0v) is 14.2. The number of anilines is 2. The lowest BCUT2D eigenvalue weighted by Crippen LogP contribution is -2.19. The molecule has 124 valence electrons. The van der Waals surface area contributed by atoms with Crippen LogP contribution in [-0.4, -0.2) is 36.6 Å². The number of methoxy groups -OCH3 is 2. The zero-order chi connectivity index (χ0) is 16.8. The molecule has 1 aromatic heterocycles. The van der Waals surface area contributed by atoms with Gasteiger partial charge in [0, 0.05) is 19.4 Å². The first-order valence-electron chi connectivity index (χ1n) is 6.66. The molecule has 7 nitrogen and oxygen atoms in total. The fourth-order valence-electron chi connectivity index (χ4n) is 1.82. The summed E-state index contributed by atoms with van der Waals surface area (Å²) in [4.78, 5) is 12.0. The highest BCUT2D eigenvalue weighted by molar-refractivity contribution is 9.10. The maximum atomic E-state index is 13.5. The Bertz CT molecular complexity index is 693. The van der Waals surface area contributed by atoms with Crippen molar-refractivity contribution in [2.45, 2.75) is 6.54 Å². The highest BCUT2D eigenvalue weighted by Crippen LogP contribution is 2.30. The van der Waals surface area contributed by atoms with Crippen LogP contribution in [0.1, 0.15) is 0 Å². The summed E-state index contributed by atoms with van der Waals surface area (Å²) in [5, 5.41) is 9.32. The van der Waals surface area contributed by atoms with E-state index in [0.717, 1.165) is 0 Å². The normalized spacial score (nSPS) is 10.4. The molecule has 23 heavy (non-hydrogen) atoms. The van der Waals surface area contributed by atoms with Crippen LogP contribution in [0.3, 0.4) is 0 Å². The van der Waals surface area contributed by atoms with Crippen molar-refractivity contribution in [3.8, 4) is 5.75 Å². The van der Waals surface area contributed by atoms with Gasteiger partial charge < -0.3 is 20.1 Å². The largest absolute Gasteiger partial charge is 0.494 e. The second kappa shape index (κ2) is 7.93. The SMILES string of the molecule is COCCn1cc(NC(=O)Nc2cc(Br)c(F)cc2OC)cn1. The summed E-state index contributed by atoms with van der Waals surface area (Å²) in [6.45, 7) is 1.10. The van der Waals surface area contributed by atoms with E-state index in [2.05, 4.69) is 31.7 Å². The minimum atomic E-state index is -0.493. The van der Waals surface area contributed by atoms with Crippen molar-refractivity contribution < 1.29 is 18.7 Å². The van der Waals surface area contributed by atoms with Crippen molar-refractivity contribution in [2.24, 2.45) is 0 Å². The summed E-state index contributed by atoms with van der Waals surface area (Å²) in [7, 11) is 3.00. The lowest BCUT2D eigenvalue weighted by Gasteiger charge is -2.11. The average Bonchev–Trinajstić information content (AvgIpc) is 2.95. The van der Waals surface area contributed by atoms with Gasteiger partial charge in [-0.3, -0.25) is 4.68 Å². The Morgan fingerprint density at radius 1 is 1.39 bits per heavy atom. The van der Waals surface area contributed by atoms with E-state index in [0.29, 0.717) is 24.5 Å². The predicted octanol–water partition coefficient (Wildman–Crippen LogP) is 3.08. The number of ether oxygens (including phenoxy) is 2. The fraction of sp³-hybridized carbons (Fsp3) is 0.286. The molecule has 0 atom stereocenters. The van der Waals surface area contributed by atoms with Gasteiger partial charge in [0.25, 0.3) is 0 Å². The van der Waals surface area contributed by atoms with E-state index < -0.39 is 11.8 Å². The molecule has 0 fully saturated rings. The molecule has 2 amide bonds. The van der Waals surface area contributed by atoms with Crippen LogP contribution in [0.5, 0.6) is 5.75 Å². The molecule has 0 radical (unpaired) electrons. The maximum absolute atomic E-state index is 13.5. The number of carbonyl (C=O) groups excluding carboxylic acids is 1. The standard InChI is InChI=1S/C14H16BrFN4O3/c1-22-4-3-20-8-9(7-17-20)18-14(21)19-12-5-10(15)11(16)6-13(12)23-2/h5-8H,3-4H2,1-2H3,(H2,18,19,21). The number of hydrogen-bond donors (Lipinski definition) is 2. The van der Waals surface area contributed by atoms with Gasteiger partial charge in [-0.05, 0) is 22.0 Å². The highest BCUT2D eigenvalue weighted by Gasteiger charge is 2.12. The Kier molecular flexibility index (Phi) is 5.94. The summed E-state index contributed by atoms with van der Waals surface area (Å²) < 4.78 is 25.3. The number of urea groups is 1. The molecule has 0 bridgehead atoms. The van der Waals surface area contributed by atoms with E-state index in [9.17, 15) is 9.18 Å². The Morgan fingerprint density at radius 3 is 2.87 bits per heavy atom. The van der Waals surface area contributed by atoms with Crippen LogP contribution in [0, 0.1) is 5.82 Å². The molecule has 0 saturated carbocycles. The molecule has 0 aliphatic heterocycles. The second-order valence-electron chi connectivity index (χ2n) is 4.53. The van der Waals surface area contributed by atoms with E-state index >= 15 is 0 Å². The van der Waals surface area contributed by atoms with Gasteiger partial charge in [-0.15, -0.1) is 0 Å². The molecule has 1 heterocycles. The average molecular weight is 387 g/mol. The number of benzene rings is 1. The van der Waals surface area contributed by atoms with Crippen LogP contribution in [-0.2, 0) is 11.3 Å². The number of nitrogens with zero attached hydrogens (tertiary/aromatic N) is 2. The Labute approximate surface area is 140 Å². The molecule has 0 saturated heterocycles. The van der Waals surface area contributed by atoms with Crippen LogP contribution in [0.4, 0.5) is 20.6 Å². The number of amides is 2. The smallest absolute Gasteiger partial charge is 0.323 e. The molecule has 1 aromatic carbocycles. The first-order chi connectivity index (χ1) is 11.0. The van der Waals surface area contributed by atoms with Crippen LogP contribution >= 0.6 is 15.9 Å². The minimum absolute atomic E-state index is 0.219. The maximum Gasteiger partial charge on any atom is 0.323 e. The first-order valence-corrected chi connectivity index (χ1v) is 7.45. The lowest BCUT2D eigenvalue weighted by molar-refractivity contribution is 0.183.